The van der Waals surface area contributed by atoms with Crippen LogP contribution in [-0.4, -0.2) is 44.0 Å². The lowest BCUT2D eigenvalue weighted by Gasteiger charge is -2.26. The van der Waals surface area contributed by atoms with E-state index in [2.05, 4.69) is 10.6 Å². The Hall–Kier alpha value is -3.23. The Balaban J connectivity index is 1.74. The monoisotopic (exact) mass is 362 g/mol. The average Bonchev–Trinajstić information content (AvgIpc) is 3.06. The second-order valence-corrected chi connectivity index (χ2v) is 5.58. The zero-order valence-corrected chi connectivity index (χ0v) is 14.3. The quantitative estimate of drug-likeness (QED) is 0.754. The molecule has 0 aliphatic carbocycles. The highest BCUT2D eigenvalue weighted by molar-refractivity contribution is 5.95. The summed E-state index contributed by atoms with van der Waals surface area (Å²) in [7, 11) is 0. The average molecular weight is 362 g/mol. The fourth-order valence-corrected chi connectivity index (χ4v) is 2.64. The number of carbonyl (C=O) groups is 3. The topological polar surface area (TPSA) is 112 Å². The van der Waals surface area contributed by atoms with E-state index in [1.54, 1.807) is 26.0 Å². The number of fused-ring (bicyclic) bond motifs is 1. The first-order chi connectivity index (χ1) is 12.5. The van der Waals surface area contributed by atoms with Crippen LogP contribution in [0.15, 0.2) is 29.5 Å². The van der Waals surface area contributed by atoms with Gasteiger partial charge in [0.25, 0.3) is 0 Å². The molecule has 0 aromatic heterocycles. The van der Waals surface area contributed by atoms with Crippen molar-refractivity contribution < 1.29 is 33.3 Å². The lowest BCUT2D eigenvalue weighted by atomic mass is 10.0. The first kappa shape index (κ1) is 17.6. The van der Waals surface area contributed by atoms with E-state index in [9.17, 15) is 14.4 Å². The summed E-state index contributed by atoms with van der Waals surface area (Å²) < 4.78 is 20.6. The van der Waals surface area contributed by atoms with Crippen LogP contribution >= 0.6 is 0 Å². The van der Waals surface area contributed by atoms with Crippen LogP contribution in [0.2, 0.25) is 0 Å². The fourth-order valence-electron chi connectivity index (χ4n) is 2.64. The van der Waals surface area contributed by atoms with E-state index in [1.807, 2.05) is 0 Å². The molecule has 0 spiro atoms. The summed E-state index contributed by atoms with van der Waals surface area (Å²) in [6.45, 7) is 3.33. The van der Waals surface area contributed by atoms with Crippen LogP contribution in [0.3, 0.4) is 0 Å². The summed E-state index contributed by atoms with van der Waals surface area (Å²) >= 11 is 0. The summed E-state index contributed by atoms with van der Waals surface area (Å²) in [6.07, 6.45) is 0. The van der Waals surface area contributed by atoms with Gasteiger partial charge in [0, 0.05) is 0 Å². The normalized spacial score (nSPS) is 18.1. The molecule has 1 aromatic rings. The second kappa shape index (κ2) is 7.34. The van der Waals surface area contributed by atoms with Crippen molar-refractivity contribution in [1.29, 1.82) is 0 Å². The van der Waals surface area contributed by atoms with E-state index in [4.69, 9.17) is 18.9 Å². The number of esters is 2. The van der Waals surface area contributed by atoms with Gasteiger partial charge in [0.2, 0.25) is 6.79 Å². The minimum absolute atomic E-state index is 0.0978. The number of amides is 2. The zero-order chi connectivity index (χ0) is 18.7. The molecule has 26 heavy (non-hydrogen) atoms. The maximum Gasteiger partial charge on any atom is 0.338 e. The third-order valence-corrected chi connectivity index (χ3v) is 3.82. The van der Waals surface area contributed by atoms with Crippen molar-refractivity contribution >= 4 is 18.0 Å². The second-order valence-electron chi connectivity index (χ2n) is 5.58. The summed E-state index contributed by atoms with van der Waals surface area (Å²) in [5.41, 5.74) is 0.666. The molecule has 2 aliphatic rings. The zero-order valence-electron chi connectivity index (χ0n) is 14.3. The molecule has 3 rings (SSSR count). The Morgan fingerprint density at radius 1 is 1.19 bits per heavy atom. The molecular formula is C17H18N2O7. The highest BCUT2D eigenvalue weighted by Gasteiger charge is 2.30. The molecule has 0 unspecified atom stereocenters. The van der Waals surface area contributed by atoms with Gasteiger partial charge in [-0.05, 0) is 32.0 Å². The highest BCUT2D eigenvalue weighted by atomic mass is 16.7. The van der Waals surface area contributed by atoms with Crippen LogP contribution < -0.4 is 20.1 Å². The van der Waals surface area contributed by atoms with E-state index in [0.717, 1.165) is 0 Å². The summed E-state index contributed by atoms with van der Waals surface area (Å²) in [5.74, 6) is -0.205. The van der Waals surface area contributed by atoms with Gasteiger partial charge in [-0.3, -0.25) is 0 Å². The lowest BCUT2D eigenvalue weighted by Crippen LogP contribution is -2.50. The first-order valence-corrected chi connectivity index (χ1v) is 8.04. The summed E-state index contributed by atoms with van der Waals surface area (Å²) in [4.78, 5) is 36.1. The van der Waals surface area contributed by atoms with Crippen LogP contribution in [0.25, 0.3) is 0 Å². The molecule has 2 N–H and O–H groups in total. The van der Waals surface area contributed by atoms with Gasteiger partial charge < -0.3 is 29.6 Å². The first-order valence-electron chi connectivity index (χ1n) is 8.04. The van der Waals surface area contributed by atoms with Crippen LogP contribution in [0, 0.1) is 0 Å². The predicted octanol–water partition coefficient (Wildman–Crippen LogP) is 1.09. The third kappa shape index (κ3) is 3.56. The Labute approximate surface area is 149 Å². The molecule has 0 bridgehead atoms. The minimum atomic E-state index is -0.626. The molecule has 1 atom stereocenters. The summed E-state index contributed by atoms with van der Waals surface area (Å²) in [6, 6.07) is 3.60. The molecule has 0 fully saturated rings. The van der Waals surface area contributed by atoms with Gasteiger partial charge in [0.15, 0.2) is 11.5 Å². The maximum absolute atomic E-state index is 12.3. The molecule has 9 heteroatoms. The molecular weight excluding hydrogens is 344 g/mol. The molecule has 1 aromatic carbocycles. The molecule has 0 radical (unpaired) electrons. The predicted molar refractivity (Wildman–Crippen MR) is 87.6 cm³/mol. The van der Waals surface area contributed by atoms with Gasteiger partial charge in [0.05, 0.1) is 29.5 Å². The number of ether oxygens (including phenoxy) is 4. The number of hydrogen-bond donors (Lipinski definition) is 2. The van der Waals surface area contributed by atoms with Crippen molar-refractivity contribution in [3.63, 3.8) is 0 Å². The number of nitrogens with one attached hydrogen (secondary N) is 2. The number of rotatable bonds is 5. The third-order valence-electron chi connectivity index (χ3n) is 3.82. The molecule has 138 valence electrons. The van der Waals surface area contributed by atoms with Crippen molar-refractivity contribution in [2.24, 2.45) is 0 Å². The van der Waals surface area contributed by atoms with E-state index in [0.29, 0.717) is 11.5 Å². The van der Waals surface area contributed by atoms with Crippen molar-refractivity contribution in [2.45, 2.75) is 19.9 Å². The van der Waals surface area contributed by atoms with Crippen LogP contribution in [0.1, 0.15) is 24.2 Å². The van der Waals surface area contributed by atoms with Gasteiger partial charge in [0.1, 0.15) is 6.61 Å². The van der Waals surface area contributed by atoms with Gasteiger partial charge >= 0.3 is 18.0 Å². The smallest absolute Gasteiger partial charge is 0.338 e. The summed E-state index contributed by atoms with van der Waals surface area (Å²) in [5, 5.41) is 5.06. The molecule has 2 amide bonds. The molecule has 0 saturated carbocycles. The number of hydrogen-bond acceptors (Lipinski definition) is 7. The van der Waals surface area contributed by atoms with Gasteiger partial charge in [-0.15, -0.1) is 0 Å². The lowest BCUT2D eigenvalue weighted by molar-refractivity contribution is -0.139. The van der Waals surface area contributed by atoms with E-state index in [1.165, 1.54) is 6.07 Å². The van der Waals surface area contributed by atoms with Crippen LogP contribution in [0.5, 0.6) is 11.5 Å². The van der Waals surface area contributed by atoms with E-state index in [-0.39, 0.29) is 36.8 Å². The van der Waals surface area contributed by atoms with Crippen molar-refractivity contribution in [2.75, 3.05) is 20.0 Å². The Morgan fingerprint density at radius 2 is 1.96 bits per heavy atom. The van der Waals surface area contributed by atoms with Crippen LogP contribution in [0.4, 0.5) is 4.79 Å². The molecule has 2 aliphatic heterocycles. The highest BCUT2D eigenvalue weighted by Crippen LogP contribution is 2.32. The molecule has 9 nitrogen and oxygen atoms in total. The van der Waals surface area contributed by atoms with Gasteiger partial charge in [-0.2, -0.15) is 0 Å². The number of benzene rings is 1. The number of urea groups is 1. The van der Waals surface area contributed by atoms with E-state index >= 15 is 0 Å². The van der Waals surface area contributed by atoms with E-state index < -0.39 is 24.0 Å². The fraction of sp³-hybridized carbons (Fsp3) is 0.353. The molecule has 2 heterocycles. The van der Waals surface area contributed by atoms with Gasteiger partial charge in [-0.1, -0.05) is 0 Å². The van der Waals surface area contributed by atoms with Crippen molar-refractivity contribution in [1.82, 2.24) is 10.6 Å². The number of carbonyl (C=O) groups excluding carboxylic acids is 3. The Bertz CT molecular complexity index is 787. The standard InChI is InChI=1S/C17H18N2O7/c1-3-23-16(21)14-9(2)18-17(22)19-11(14)7-24-15(20)10-4-5-12-13(6-10)26-8-25-12/h4-6,9H,3,7-8H2,1-2H3,(H2,18,19,22)/t9-/m0/s1. The minimum Gasteiger partial charge on any atom is -0.463 e. The van der Waals surface area contributed by atoms with Gasteiger partial charge in [-0.25, -0.2) is 14.4 Å². The van der Waals surface area contributed by atoms with Crippen molar-refractivity contribution in [3.8, 4) is 11.5 Å². The Kier molecular flexibility index (Phi) is 4.97. The van der Waals surface area contributed by atoms with Crippen LogP contribution in [-0.2, 0) is 14.3 Å². The Morgan fingerprint density at radius 3 is 2.73 bits per heavy atom. The van der Waals surface area contributed by atoms with Crippen molar-refractivity contribution in [3.05, 3.63) is 35.0 Å². The molecule has 0 saturated heterocycles. The maximum atomic E-state index is 12.3. The largest absolute Gasteiger partial charge is 0.463 e. The SMILES string of the molecule is CCOC(=O)C1=C(COC(=O)c2ccc3c(c2)OCO3)NC(=O)N[C@H]1C.